The van der Waals surface area contributed by atoms with E-state index in [0.29, 0.717) is 6.04 Å². The molecule has 0 aliphatic carbocycles. The van der Waals surface area contributed by atoms with Gasteiger partial charge in [-0.1, -0.05) is 0 Å². The lowest BCUT2D eigenvalue weighted by atomic mass is 10.3. The number of aromatic nitrogens is 3. The summed E-state index contributed by atoms with van der Waals surface area (Å²) in [7, 11) is 2.13. The molecule has 0 atom stereocenters. The number of fused-ring (bicyclic) bond motifs is 1. The number of hydrogen-bond acceptors (Lipinski definition) is 4. The summed E-state index contributed by atoms with van der Waals surface area (Å²) in [5.74, 6) is 1.000. The van der Waals surface area contributed by atoms with E-state index in [1.54, 1.807) is 6.33 Å². The van der Waals surface area contributed by atoms with E-state index in [9.17, 15) is 0 Å². The lowest BCUT2D eigenvalue weighted by Crippen LogP contribution is -2.31. The van der Waals surface area contributed by atoms with Crippen LogP contribution in [0, 0.1) is 6.92 Å². The Labute approximate surface area is 108 Å². The van der Waals surface area contributed by atoms with Crippen molar-refractivity contribution >= 4 is 11.5 Å². The molecule has 2 aromatic heterocycles. The molecular weight excluding hydrogens is 226 g/mol. The number of nitrogens with one attached hydrogen (secondary N) is 1. The third kappa shape index (κ3) is 2.79. The number of hydrogen-bond donors (Lipinski definition) is 1. The maximum absolute atomic E-state index is 4.22. The predicted molar refractivity (Wildman–Crippen MR) is 74.0 cm³/mol. The van der Waals surface area contributed by atoms with Crippen molar-refractivity contribution in [3.05, 3.63) is 24.0 Å². The molecule has 0 bridgehead atoms. The molecule has 2 aromatic rings. The average Bonchev–Trinajstić information content (AvgIpc) is 2.76. The maximum atomic E-state index is 4.22. The van der Waals surface area contributed by atoms with Crippen LogP contribution < -0.4 is 5.32 Å². The van der Waals surface area contributed by atoms with Crippen LogP contribution in [0.1, 0.15) is 19.4 Å². The summed E-state index contributed by atoms with van der Waals surface area (Å²) in [6.45, 7) is 8.36. The molecule has 0 saturated carbocycles. The van der Waals surface area contributed by atoms with Crippen molar-refractivity contribution in [2.75, 3.05) is 25.5 Å². The van der Waals surface area contributed by atoms with Crippen molar-refractivity contribution in [2.45, 2.75) is 26.8 Å². The summed E-state index contributed by atoms with van der Waals surface area (Å²) in [5, 5.41) is 7.64. The second-order valence-electron chi connectivity index (χ2n) is 4.95. The molecule has 0 unspecified atom stereocenters. The SMILES string of the molecule is Cc1cc(NCCN(C)C(C)C)n2ncnc2c1. The van der Waals surface area contributed by atoms with Gasteiger partial charge in [-0.15, -0.1) is 0 Å². The quantitative estimate of drug-likeness (QED) is 0.875. The first-order valence-corrected chi connectivity index (χ1v) is 6.32. The van der Waals surface area contributed by atoms with Gasteiger partial charge in [-0.3, -0.25) is 0 Å². The zero-order chi connectivity index (χ0) is 13.1. The zero-order valence-corrected chi connectivity index (χ0v) is 11.5. The van der Waals surface area contributed by atoms with Crippen LogP contribution in [0.5, 0.6) is 0 Å². The second-order valence-corrected chi connectivity index (χ2v) is 4.95. The van der Waals surface area contributed by atoms with Crippen molar-refractivity contribution in [3.8, 4) is 0 Å². The van der Waals surface area contributed by atoms with Gasteiger partial charge in [0.25, 0.3) is 0 Å². The van der Waals surface area contributed by atoms with E-state index in [1.807, 2.05) is 10.6 Å². The molecule has 18 heavy (non-hydrogen) atoms. The van der Waals surface area contributed by atoms with Gasteiger partial charge < -0.3 is 10.2 Å². The lowest BCUT2D eigenvalue weighted by Gasteiger charge is -2.21. The highest BCUT2D eigenvalue weighted by molar-refractivity contribution is 5.51. The molecule has 0 radical (unpaired) electrons. The van der Waals surface area contributed by atoms with Crippen molar-refractivity contribution in [1.82, 2.24) is 19.5 Å². The average molecular weight is 247 g/mol. The van der Waals surface area contributed by atoms with Gasteiger partial charge in [-0.2, -0.15) is 9.61 Å². The molecule has 5 heteroatoms. The third-order valence-corrected chi connectivity index (χ3v) is 3.18. The Balaban J connectivity index is 2.05. The number of rotatable bonds is 5. The summed E-state index contributed by atoms with van der Waals surface area (Å²) in [6, 6.07) is 4.69. The molecule has 98 valence electrons. The summed E-state index contributed by atoms with van der Waals surface area (Å²) in [6.07, 6.45) is 1.58. The number of aryl methyl sites for hydroxylation is 1. The van der Waals surface area contributed by atoms with E-state index in [0.717, 1.165) is 24.6 Å². The third-order valence-electron chi connectivity index (χ3n) is 3.18. The Morgan fingerprint density at radius 1 is 1.39 bits per heavy atom. The first-order chi connectivity index (χ1) is 8.58. The van der Waals surface area contributed by atoms with E-state index in [1.165, 1.54) is 5.56 Å². The van der Waals surface area contributed by atoms with Gasteiger partial charge >= 0.3 is 0 Å². The minimum absolute atomic E-state index is 0.565. The largest absolute Gasteiger partial charge is 0.369 e. The van der Waals surface area contributed by atoms with Gasteiger partial charge in [0, 0.05) is 19.1 Å². The van der Waals surface area contributed by atoms with Gasteiger partial charge in [0.05, 0.1) is 0 Å². The molecule has 0 aliphatic heterocycles. The molecule has 0 spiro atoms. The van der Waals surface area contributed by atoms with Crippen molar-refractivity contribution in [2.24, 2.45) is 0 Å². The van der Waals surface area contributed by atoms with Crippen LogP contribution in [0.3, 0.4) is 0 Å². The number of nitrogens with zero attached hydrogens (tertiary/aromatic N) is 4. The van der Waals surface area contributed by atoms with Gasteiger partial charge in [0.15, 0.2) is 5.65 Å². The van der Waals surface area contributed by atoms with Gasteiger partial charge in [-0.05, 0) is 45.5 Å². The van der Waals surface area contributed by atoms with Crippen LogP contribution in [0.4, 0.5) is 5.82 Å². The van der Waals surface area contributed by atoms with Gasteiger partial charge in [0.2, 0.25) is 0 Å². The summed E-state index contributed by atoms with van der Waals surface area (Å²) in [4.78, 5) is 6.52. The zero-order valence-electron chi connectivity index (χ0n) is 11.5. The van der Waals surface area contributed by atoms with Crippen LogP contribution in [0.15, 0.2) is 18.5 Å². The highest BCUT2D eigenvalue weighted by Crippen LogP contribution is 2.12. The molecule has 2 heterocycles. The highest BCUT2D eigenvalue weighted by atomic mass is 15.3. The molecule has 2 rings (SSSR count). The minimum atomic E-state index is 0.565. The van der Waals surface area contributed by atoms with Crippen LogP contribution in [-0.4, -0.2) is 45.7 Å². The van der Waals surface area contributed by atoms with Crippen molar-refractivity contribution < 1.29 is 0 Å². The molecule has 0 saturated heterocycles. The van der Waals surface area contributed by atoms with E-state index in [2.05, 4.69) is 54.2 Å². The Kier molecular flexibility index (Phi) is 3.81. The number of anilines is 1. The maximum Gasteiger partial charge on any atom is 0.157 e. The normalized spacial score (nSPS) is 11.7. The molecule has 0 aliphatic rings. The lowest BCUT2D eigenvalue weighted by molar-refractivity contribution is 0.284. The first kappa shape index (κ1) is 12.8. The molecule has 5 nitrogen and oxygen atoms in total. The Hall–Kier alpha value is -1.62. The molecule has 0 amide bonds. The fraction of sp³-hybridized carbons (Fsp3) is 0.538. The fourth-order valence-corrected chi connectivity index (χ4v) is 1.80. The number of pyridine rings is 1. The molecule has 0 aromatic carbocycles. The second kappa shape index (κ2) is 5.35. The highest BCUT2D eigenvalue weighted by Gasteiger charge is 2.05. The van der Waals surface area contributed by atoms with E-state index in [-0.39, 0.29) is 0 Å². The Morgan fingerprint density at radius 2 is 2.17 bits per heavy atom. The predicted octanol–water partition coefficient (Wildman–Crippen LogP) is 1.79. The molecule has 1 N–H and O–H groups in total. The van der Waals surface area contributed by atoms with Crippen molar-refractivity contribution in [1.29, 1.82) is 0 Å². The van der Waals surface area contributed by atoms with E-state index in [4.69, 9.17) is 0 Å². The first-order valence-electron chi connectivity index (χ1n) is 6.32. The fourth-order valence-electron chi connectivity index (χ4n) is 1.80. The molecular formula is C13H21N5. The standard InChI is InChI=1S/C13H21N5/c1-10(2)17(4)6-5-14-12-7-11(3)8-13-15-9-16-18(12)13/h7-10,14H,5-6H2,1-4H3. The van der Waals surface area contributed by atoms with E-state index < -0.39 is 0 Å². The van der Waals surface area contributed by atoms with Crippen LogP contribution >= 0.6 is 0 Å². The summed E-state index contributed by atoms with van der Waals surface area (Å²) >= 11 is 0. The Morgan fingerprint density at radius 3 is 2.89 bits per heavy atom. The van der Waals surface area contributed by atoms with Crippen LogP contribution in [-0.2, 0) is 0 Å². The topological polar surface area (TPSA) is 45.5 Å². The number of likely N-dealkylation sites (N-methyl/N-ethyl adjacent to an activating group) is 1. The monoisotopic (exact) mass is 247 g/mol. The van der Waals surface area contributed by atoms with Crippen LogP contribution in [0.2, 0.25) is 0 Å². The Bertz CT molecular complexity index is 517. The summed E-state index contributed by atoms with van der Waals surface area (Å²) in [5.41, 5.74) is 2.07. The van der Waals surface area contributed by atoms with Gasteiger partial charge in [-0.25, -0.2) is 4.98 Å². The van der Waals surface area contributed by atoms with E-state index >= 15 is 0 Å². The van der Waals surface area contributed by atoms with Crippen LogP contribution in [0.25, 0.3) is 5.65 Å². The van der Waals surface area contributed by atoms with Crippen molar-refractivity contribution in [3.63, 3.8) is 0 Å². The summed E-state index contributed by atoms with van der Waals surface area (Å²) < 4.78 is 1.84. The minimum Gasteiger partial charge on any atom is -0.369 e. The van der Waals surface area contributed by atoms with Gasteiger partial charge in [0.1, 0.15) is 12.1 Å². The molecule has 0 fully saturated rings. The smallest absolute Gasteiger partial charge is 0.157 e.